The molecule has 80 valence electrons. The quantitative estimate of drug-likeness (QED) is 0.928. The first-order chi connectivity index (χ1) is 7.15. The Labute approximate surface area is 105 Å². The van der Waals surface area contributed by atoms with Crippen LogP contribution >= 0.6 is 45.9 Å². The van der Waals surface area contributed by atoms with Crippen molar-refractivity contribution >= 4 is 45.9 Å². The summed E-state index contributed by atoms with van der Waals surface area (Å²) in [6.07, 6.45) is 1.48. The van der Waals surface area contributed by atoms with Gasteiger partial charge in [0.2, 0.25) is 0 Å². The van der Waals surface area contributed by atoms with Gasteiger partial charge in [0.15, 0.2) is 0 Å². The lowest BCUT2D eigenvalue weighted by atomic mass is 10.2. The van der Waals surface area contributed by atoms with E-state index < -0.39 is 6.10 Å². The first-order valence-corrected chi connectivity index (χ1v) is 6.57. The van der Waals surface area contributed by atoms with Crippen molar-refractivity contribution in [3.63, 3.8) is 0 Å². The zero-order chi connectivity index (χ0) is 10.8. The van der Waals surface area contributed by atoms with Crippen molar-refractivity contribution in [3.05, 3.63) is 36.9 Å². The van der Waals surface area contributed by atoms with Crippen LogP contribution in [-0.4, -0.2) is 10.1 Å². The number of hydrogen-bond acceptors (Lipinski definition) is 4. The van der Waals surface area contributed by atoms with Gasteiger partial charge < -0.3 is 5.11 Å². The van der Waals surface area contributed by atoms with Crippen LogP contribution in [0.3, 0.4) is 0 Å². The molecule has 0 spiro atoms. The van der Waals surface area contributed by atoms with Gasteiger partial charge >= 0.3 is 0 Å². The highest BCUT2D eigenvalue weighted by atomic mass is 35.5. The molecule has 0 fully saturated rings. The highest BCUT2D eigenvalue weighted by molar-refractivity contribution is 7.16. The molecule has 0 aliphatic carbocycles. The summed E-state index contributed by atoms with van der Waals surface area (Å²) >= 11 is 14.3. The average molecular weight is 280 g/mol. The Morgan fingerprint density at radius 1 is 1.27 bits per heavy atom. The fourth-order valence-corrected chi connectivity index (χ4v) is 3.20. The van der Waals surface area contributed by atoms with Gasteiger partial charge in [0.25, 0.3) is 0 Å². The van der Waals surface area contributed by atoms with Gasteiger partial charge in [0, 0.05) is 11.3 Å². The summed E-state index contributed by atoms with van der Waals surface area (Å²) in [6.45, 7) is 0. The van der Waals surface area contributed by atoms with Gasteiger partial charge in [-0.15, -0.1) is 22.7 Å². The van der Waals surface area contributed by atoms with E-state index in [4.69, 9.17) is 23.2 Å². The fourth-order valence-electron chi connectivity index (χ4n) is 1.16. The third kappa shape index (κ3) is 2.92. The molecule has 0 radical (unpaired) electrons. The Balaban J connectivity index is 2.06. The standard InChI is InChI=1S/C9H7Cl2NOS2/c10-7-2-1-5(14-7)3-6(13)9-12-4-8(11)15-9/h1-2,4,6,13H,3H2. The highest BCUT2D eigenvalue weighted by Gasteiger charge is 2.13. The molecule has 2 rings (SSSR count). The molecule has 0 amide bonds. The van der Waals surface area contributed by atoms with Crippen LogP contribution in [0.5, 0.6) is 0 Å². The first-order valence-electron chi connectivity index (χ1n) is 4.18. The maximum Gasteiger partial charge on any atom is 0.123 e. The molecule has 0 saturated heterocycles. The average Bonchev–Trinajstić information content (AvgIpc) is 2.75. The summed E-state index contributed by atoms with van der Waals surface area (Å²) in [7, 11) is 0. The summed E-state index contributed by atoms with van der Waals surface area (Å²) in [6, 6.07) is 3.73. The van der Waals surface area contributed by atoms with E-state index in [-0.39, 0.29) is 0 Å². The van der Waals surface area contributed by atoms with Crippen LogP contribution in [0.4, 0.5) is 0 Å². The van der Waals surface area contributed by atoms with E-state index in [1.807, 2.05) is 12.1 Å². The predicted octanol–water partition coefficient (Wildman–Crippen LogP) is 3.79. The van der Waals surface area contributed by atoms with Gasteiger partial charge in [0.05, 0.1) is 10.5 Å². The molecule has 6 heteroatoms. The molecule has 2 nitrogen and oxygen atoms in total. The van der Waals surface area contributed by atoms with Gasteiger partial charge in [-0.3, -0.25) is 0 Å². The van der Waals surface area contributed by atoms with Crippen LogP contribution in [0.15, 0.2) is 18.3 Å². The molecule has 1 N–H and O–H groups in total. The predicted molar refractivity (Wildman–Crippen MR) is 65.1 cm³/mol. The molecule has 2 heterocycles. The minimum atomic E-state index is -0.600. The van der Waals surface area contributed by atoms with Crippen molar-refractivity contribution in [1.82, 2.24) is 4.98 Å². The maximum absolute atomic E-state index is 9.85. The molecule has 2 aromatic rings. The third-order valence-corrected chi connectivity index (χ3v) is 4.27. The van der Waals surface area contributed by atoms with Crippen LogP contribution in [0.1, 0.15) is 16.0 Å². The van der Waals surface area contributed by atoms with E-state index in [0.29, 0.717) is 15.8 Å². The lowest BCUT2D eigenvalue weighted by molar-refractivity contribution is 0.179. The van der Waals surface area contributed by atoms with Crippen molar-refractivity contribution in [2.24, 2.45) is 0 Å². The van der Waals surface area contributed by atoms with Gasteiger partial charge in [0.1, 0.15) is 15.4 Å². The number of aliphatic hydroxyl groups is 1. The van der Waals surface area contributed by atoms with E-state index in [1.165, 1.54) is 22.7 Å². The summed E-state index contributed by atoms with van der Waals surface area (Å²) in [4.78, 5) is 5.07. The summed E-state index contributed by atoms with van der Waals surface area (Å²) < 4.78 is 1.32. The molecule has 0 aliphatic rings. The second kappa shape index (κ2) is 4.80. The number of thiazole rings is 1. The number of aromatic nitrogens is 1. The smallest absolute Gasteiger partial charge is 0.123 e. The molecular formula is C9H7Cl2NOS2. The molecule has 1 atom stereocenters. The second-order valence-corrected chi connectivity index (χ2v) is 6.42. The lowest BCUT2D eigenvalue weighted by Gasteiger charge is -2.04. The van der Waals surface area contributed by atoms with Crippen LogP contribution in [0, 0.1) is 0 Å². The van der Waals surface area contributed by atoms with Gasteiger partial charge in [-0.05, 0) is 12.1 Å². The van der Waals surface area contributed by atoms with E-state index in [1.54, 1.807) is 6.20 Å². The van der Waals surface area contributed by atoms with Crippen molar-refractivity contribution in [1.29, 1.82) is 0 Å². The summed E-state index contributed by atoms with van der Waals surface area (Å²) in [5.74, 6) is 0. The first kappa shape index (κ1) is 11.4. The second-order valence-electron chi connectivity index (χ2n) is 2.93. The molecule has 0 saturated carbocycles. The van der Waals surface area contributed by atoms with Crippen LogP contribution < -0.4 is 0 Å². The number of aliphatic hydroxyl groups excluding tert-OH is 1. The largest absolute Gasteiger partial charge is 0.386 e. The van der Waals surface area contributed by atoms with Crippen molar-refractivity contribution in [3.8, 4) is 0 Å². The van der Waals surface area contributed by atoms with Crippen molar-refractivity contribution in [2.45, 2.75) is 12.5 Å². The SMILES string of the molecule is OC(Cc1ccc(Cl)s1)c1ncc(Cl)s1. The van der Waals surface area contributed by atoms with Crippen molar-refractivity contribution in [2.75, 3.05) is 0 Å². The number of hydrogen-bond donors (Lipinski definition) is 1. The molecule has 2 aromatic heterocycles. The Morgan fingerprint density at radius 3 is 2.60 bits per heavy atom. The van der Waals surface area contributed by atoms with E-state index >= 15 is 0 Å². The number of rotatable bonds is 3. The zero-order valence-electron chi connectivity index (χ0n) is 7.48. The number of thiophene rings is 1. The molecule has 0 aliphatic heterocycles. The Morgan fingerprint density at radius 2 is 2.07 bits per heavy atom. The Bertz CT molecular complexity index is 454. The van der Waals surface area contributed by atoms with Crippen molar-refractivity contribution < 1.29 is 5.11 Å². The number of nitrogens with zero attached hydrogens (tertiary/aromatic N) is 1. The van der Waals surface area contributed by atoms with Crippen LogP contribution in [0.25, 0.3) is 0 Å². The minimum absolute atomic E-state index is 0.529. The van der Waals surface area contributed by atoms with Gasteiger partial charge in [-0.2, -0.15) is 0 Å². The fraction of sp³-hybridized carbons (Fsp3) is 0.222. The van der Waals surface area contributed by atoms with Crippen LogP contribution in [0.2, 0.25) is 8.67 Å². The minimum Gasteiger partial charge on any atom is -0.386 e. The summed E-state index contributed by atoms with van der Waals surface area (Å²) in [5.41, 5.74) is 0. The maximum atomic E-state index is 9.85. The van der Waals surface area contributed by atoms with E-state index in [9.17, 15) is 5.11 Å². The molecule has 0 aromatic carbocycles. The Hall–Kier alpha value is -0.130. The number of halogens is 2. The highest BCUT2D eigenvalue weighted by Crippen LogP contribution is 2.29. The van der Waals surface area contributed by atoms with Gasteiger partial charge in [-0.25, -0.2) is 4.98 Å². The van der Waals surface area contributed by atoms with Crippen LogP contribution in [-0.2, 0) is 6.42 Å². The van der Waals surface area contributed by atoms with E-state index in [2.05, 4.69) is 4.98 Å². The van der Waals surface area contributed by atoms with Gasteiger partial charge in [-0.1, -0.05) is 23.2 Å². The molecule has 0 bridgehead atoms. The Kier molecular flexibility index (Phi) is 3.64. The topological polar surface area (TPSA) is 33.1 Å². The normalized spacial score (nSPS) is 13.0. The zero-order valence-corrected chi connectivity index (χ0v) is 10.6. The molecular weight excluding hydrogens is 273 g/mol. The summed E-state index contributed by atoms with van der Waals surface area (Å²) in [5, 5.41) is 10.5. The lowest BCUT2D eigenvalue weighted by Crippen LogP contribution is -1.99. The molecule has 1 unspecified atom stereocenters. The molecule has 15 heavy (non-hydrogen) atoms. The third-order valence-electron chi connectivity index (χ3n) is 1.80. The monoisotopic (exact) mass is 279 g/mol. The van der Waals surface area contributed by atoms with E-state index in [0.717, 1.165) is 9.21 Å².